The third kappa shape index (κ3) is 4.68. The number of carbonyl (C=O) groups is 1. The van der Waals surface area contributed by atoms with Crippen molar-refractivity contribution in [2.45, 2.75) is 6.92 Å². The molecular weight excluding hydrogens is 348 g/mol. The quantitative estimate of drug-likeness (QED) is 0.340. The zero-order chi connectivity index (χ0) is 18.2. The molecule has 3 rings (SSSR count). The zero-order valence-electron chi connectivity index (χ0n) is 14.5. The molecule has 3 aromatic rings. The Morgan fingerprint density at radius 1 is 1.19 bits per heavy atom. The molecule has 134 valence electrons. The van der Waals surface area contributed by atoms with Crippen LogP contribution < -0.4 is 0 Å². The summed E-state index contributed by atoms with van der Waals surface area (Å²) in [5.74, 6) is -0.394. The smallest absolute Gasteiger partial charge is 0.330 e. The van der Waals surface area contributed by atoms with Gasteiger partial charge in [0.05, 0.1) is 17.2 Å². The zero-order valence-corrected chi connectivity index (χ0v) is 15.3. The Morgan fingerprint density at radius 2 is 2.04 bits per heavy atom. The standard InChI is InChI=1S/C20H20N2O3S/c1-2-24-12-13-25-19(23)11-10-16-15-22(17-7-4-3-5-8-17)21-20(16)18-9-6-14-26-18/h3-11,14-15H,2,12-13H2,1H3/b11-10+. The maximum Gasteiger partial charge on any atom is 0.330 e. The Balaban J connectivity index is 1.80. The fourth-order valence-electron chi connectivity index (χ4n) is 2.38. The van der Waals surface area contributed by atoms with Gasteiger partial charge in [-0.2, -0.15) is 5.10 Å². The van der Waals surface area contributed by atoms with Gasteiger partial charge in [0, 0.05) is 24.4 Å². The largest absolute Gasteiger partial charge is 0.460 e. The molecule has 0 saturated carbocycles. The van der Waals surface area contributed by atoms with Crippen molar-refractivity contribution in [2.75, 3.05) is 19.8 Å². The van der Waals surface area contributed by atoms with Crippen molar-refractivity contribution in [1.82, 2.24) is 9.78 Å². The van der Waals surface area contributed by atoms with Gasteiger partial charge in [-0.25, -0.2) is 9.48 Å². The molecule has 0 aliphatic heterocycles. The normalized spacial score (nSPS) is 11.1. The first-order valence-corrected chi connectivity index (χ1v) is 9.27. The number of hydrogen-bond acceptors (Lipinski definition) is 5. The van der Waals surface area contributed by atoms with E-state index in [0.717, 1.165) is 21.8 Å². The summed E-state index contributed by atoms with van der Waals surface area (Å²) in [7, 11) is 0. The van der Waals surface area contributed by atoms with Gasteiger partial charge in [-0.15, -0.1) is 11.3 Å². The van der Waals surface area contributed by atoms with E-state index < -0.39 is 5.97 Å². The van der Waals surface area contributed by atoms with Crippen molar-refractivity contribution >= 4 is 23.4 Å². The van der Waals surface area contributed by atoms with Gasteiger partial charge >= 0.3 is 5.97 Å². The minimum absolute atomic E-state index is 0.248. The first-order chi connectivity index (χ1) is 12.8. The van der Waals surface area contributed by atoms with Gasteiger partial charge in [-0.1, -0.05) is 24.3 Å². The average molecular weight is 368 g/mol. The van der Waals surface area contributed by atoms with Crippen molar-refractivity contribution in [3.05, 3.63) is 65.7 Å². The number of hydrogen-bond donors (Lipinski definition) is 0. The second-order valence-corrected chi connectivity index (χ2v) is 6.34. The third-order valence-electron chi connectivity index (χ3n) is 3.59. The van der Waals surface area contributed by atoms with Crippen molar-refractivity contribution in [2.24, 2.45) is 0 Å². The summed E-state index contributed by atoms with van der Waals surface area (Å²) < 4.78 is 12.1. The van der Waals surface area contributed by atoms with Crippen molar-refractivity contribution in [3.8, 4) is 16.3 Å². The summed E-state index contributed by atoms with van der Waals surface area (Å²) in [5.41, 5.74) is 2.66. The van der Waals surface area contributed by atoms with E-state index in [0.29, 0.717) is 13.2 Å². The SMILES string of the molecule is CCOCCOC(=O)/C=C/c1cn(-c2ccccc2)nc1-c1cccs1. The number of benzene rings is 1. The van der Waals surface area contributed by atoms with E-state index in [1.54, 1.807) is 17.4 Å². The number of thiophene rings is 1. The summed E-state index contributed by atoms with van der Waals surface area (Å²) in [4.78, 5) is 12.9. The third-order valence-corrected chi connectivity index (χ3v) is 4.47. The molecule has 0 radical (unpaired) electrons. The highest BCUT2D eigenvalue weighted by molar-refractivity contribution is 7.13. The van der Waals surface area contributed by atoms with E-state index in [1.165, 1.54) is 6.08 Å². The molecule has 0 bridgehead atoms. The van der Waals surface area contributed by atoms with Crippen LogP contribution in [0.15, 0.2) is 60.1 Å². The lowest BCUT2D eigenvalue weighted by molar-refractivity contribution is -0.139. The Hall–Kier alpha value is -2.70. The Labute approximate surface area is 156 Å². The van der Waals surface area contributed by atoms with Crippen LogP contribution in [0, 0.1) is 0 Å². The van der Waals surface area contributed by atoms with E-state index in [1.807, 2.05) is 65.6 Å². The number of carbonyl (C=O) groups excluding carboxylic acids is 1. The highest BCUT2D eigenvalue weighted by Crippen LogP contribution is 2.28. The molecule has 0 spiro atoms. The molecule has 26 heavy (non-hydrogen) atoms. The van der Waals surface area contributed by atoms with Crippen LogP contribution >= 0.6 is 11.3 Å². The van der Waals surface area contributed by atoms with E-state index >= 15 is 0 Å². The first kappa shape index (κ1) is 18.1. The number of aromatic nitrogens is 2. The molecule has 0 amide bonds. The Kier molecular flexibility index (Phi) is 6.35. The van der Waals surface area contributed by atoms with E-state index in [2.05, 4.69) is 0 Å². The number of rotatable bonds is 8. The molecule has 0 unspecified atom stereocenters. The lowest BCUT2D eigenvalue weighted by Gasteiger charge is -2.01. The summed E-state index contributed by atoms with van der Waals surface area (Å²) in [6, 6.07) is 13.9. The van der Waals surface area contributed by atoms with Crippen LogP contribution in [0.1, 0.15) is 12.5 Å². The monoisotopic (exact) mass is 368 g/mol. The predicted molar refractivity (Wildman–Crippen MR) is 103 cm³/mol. The lowest BCUT2D eigenvalue weighted by atomic mass is 10.2. The second kappa shape index (κ2) is 9.12. The molecule has 0 N–H and O–H groups in total. The van der Waals surface area contributed by atoms with E-state index in [9.17, 15) is 4.79 Å². The summed E-state index contributed by atoms with van der Waals surface area (Å²) in [6.07, 6.45) is 5.08. The van der Waals surface area contributed by atoms with Gasteiger partial charge in [0.2, 0.25) is 0 Å². The molecule has 1 aromatic carbocycles. The van der Waals surface area contributed by atoms with Gasteiger partial charge in [-0.3, -0.25) is 0 Å². The van der Waals surface area contributed by atoms with Gasteiger partial charge in [-0.05, 0) is 36.6 Å². The lowest BCUT2D eigenvalue weighted by Crippen LogP contribution is -2.08. The van der Waals surface area contributed by atoms with Crippen molar-refractivity contribution < 1.29 is 14.3 Å². The van der Waals surface area contributed by atoms with Crippen LogP contribution in [0.5, 0.6) is 0 Å². The number of para-hydroxylation sites is 1. The minimum atomic E-state index is -0.394. The van der Waals surface area contributed by atoms with Crippen LogP contribution in [0.2, 0.25) is 0 Å². The number of esters is 1. The molecule has 0 aliphatic rings. The molecule has 0 aliphatic carbocycles. The number of ether oxygens (including phenoxy) is 2. The maximum atomic E-state index is 11.9. The second-order valence-electron chi connectivity index (χ2n) is 5.39. The fraction of sp³-hybridized carbons (Fsp3) is 0.200. The fourth-order valence-corrected chi connectivity index (χ4v) is 3.11. The topological polar surface area (TPSA) is 53.4 Å². The van der Waals surface area contributed by atoms with Gasteiger partial charge in [0.1, 0.15) is 12.3 Å². The Morgan fingerprint density at radius 3 is 2.77 bits per heavy atom. The van der Waals surface area contributed by atoms with Gasteiger partial charge in [0.25, 0.3) is 0 Å². The van der Waals surface area contributed by atoms with Gasteiger partial charge < -0.3 is 9.47 Å². The van der Waals surface area contributed by atoms with Crippen LogP contribution in [0.3, 0.4) is 0 Å². The molecule has 2 heterocycles. The molecule has 0 fully saturated rings. The van der Waals surface area contributed by atoms with Crippen molar-refractivity contribution in [3.63, 3.8) is 0 Å². The van der Waals surface area contributed by atoms with Gasteiger partial charge in [0.15, 0.2) is 0 Å². The summed E-state index contributed by atoms with van der Waals surface area (Å²) in [5, 5.41) is 6.70. The maximum absolute atomic E-state index is 11.9. The molecule has 0 atom stereocenters. The highest BCUT2D eigenvalue weighted by atomic mass is 32.1. The average Bonchev–Trinajstić information content (AvgIpc) is 3.33. The van der Waals surface area contributed by atoms with Crippen LogP contribution in [-0.2, 0) is 14.3 Å². The molecule has 2 aromatic heterocycles. The van der Waals surface area contributed by atoms with Crippen LogP contribution in [0.25, 0.3) is 22.3 Å². The highest BCUT2D eigenvalue weighted by Gasteiger charge is 2.11. The predicted octanol–water partition coefficient (Wildman–Crippen LogP) is 4.19. The summed E-state index contributed by atoms with van der Waals surface area (Å²) >= 11 is 1.61. The minimum Gasteiger partial charge on any atom is -0.460 e. The molecule has 5 nitrogen and oxygen atoms in total. The van der Waals surface area contributed by atoms with Crippen molar-refractivity contribution in [1.29, 1.82) is 0 Å². The molecule has 6 heteroatoms. The molecule has 0 saturated heterocycles. The Bertz CT molecular complexity index is 855. The van der Waals surface area contributed by atoms with Crippen LogP contribution in [0.4, 0.5) is 0 Å². The molecular formula is C20H20N2O3S. The number of nitrogens with zero attached hydrogens (tertiary/aromatic N) is 2. The van der Waals surface area contributed by atoms with E-state index in [-0.39, 0.29) is 6.61 Å². The van der Waals surface area contributed by atoms with Crippen LogP contribution in [-0.4, -0.2) is 35.6 Å². The summed E-state index contributed by atoms with van der Waals surface area (Å²) in [6.45, 7) is 3.16. The first-order valence-electron chi connectivity index (χ1n) is 8.39. The van der Waals surface area contributed by atoms with E-state index in [4.69, 9.17) is 14.6 Å².